The standard InChI is InChI=1S/C24H17Br3N2O2/c1-15-4-2-5-16(8-15)14-31-23-21(26)10-17(11-22(23)27)9-18(13-28)24(30)29-20-7-3-6-19(25)12-20/h2-12H,14H2,1H3,(H,29,30)/b18-9-. The minimum Gasteiger partial charge on any atom is -0.487 e. The van der Waals surface area contributed by atoms with E-state index in [0.29, 0.717) is 32.6 Å². The highest BCUT2D eigenvalue weighted by Gasteiger charge is 2.13. The number of ether oxygens (including phenoxy) is 1. The van der Waals surface area contributed by atoms with Crippen LogP contribution in [0, 0.1) is 18.3 Å². The monoisotopic (exact) mass is 602 g/mol. The highest BCUT2D eigenvalue weighted by molar-refractivity contribution is 9.11. The summed E-state index contributed by atoms with van der Waals surface area (Å²) >= 11 is 10.4. The molecule has 0 unspecified atom stereocenters. The Kier molecular flexibility index (Phi) is 8.08. The molecule has 0 fully saturated rings. The Hall–Kier alpha value is -2.40. The summed E-state index contributed by atoms with van der Waals surface area (Å²) in [5.41, 5.74) is 3.52. The van der Waals surface area contributed by atoms with Crippen molar-refractivity contribution < 1.29 is 9.53 Å². The van der Waals surface area contributed by atoms with Crippen molar-refractivity contribution in [3.63, 3.8) is 0 Å². The van der Waals surface area contributed by atoms with Gasteiger partial charge in [0.25, 0.3) is 5.91 Å². The molecule has 0 radical (unpaired) electrons. The van der Waals surface area contributed by atoms with E-state index in [2.05, 4.69) is 59.2 Å². The predicted octanol–water partition coefficient (Wildman–Crippen LogP) is 7.41. The quantitative estimate of drug-likeness (QED) is 0.235. The second kappa shape index (κ2) is 10.8. The first-order chi connectivity index (χ1) is 14.9. The summed E-state index contributed by atoms with van der Waals surface area (Å²) in [6, 6.07) is 20.9. The number of nitrogens with one attached hydrogen (secondary N) is 1. The lowest BCUT2D eigenvalue weighted by Crippen LogP contribution is -2.13. The van der Waals surface area contributed by atoms with Crippen molar-refractivity contribution in [3.05, 3.63) is 96.3 Å². The fraction of sp³-hybridized carbons (Fsp3) is 0.0833. The average molecular weight is 605 g/mol. The zero-order valence-corrected chi connectivity index (χ0v) is 21.2. The van der Waals surface area contributed by atoms with Crippen LogP contribution in [0.1, 0.15) is 16.7 Å². The first kappa shape index (κ1) is 23.3. The number of anilines is 1. The summed E-state index contributed by atoms with van der Waals surface area (Å²) in [6.45, 7) is 2.46. The molecule has 0 atom stereocenters. The minimum absolute atomic E-state index is 0.00722. The summed E-state index contributed by atoms with van der Waals surface area (Å²) in [6.07, 6.45) is 1.53. The van der Waals surface area contributed by atoms with Gasteiger partial charge in [0.2, 0.25) is 0 Å². The summed E-state index contributed by atoms with van der Waals surface area (Å²) in [5.74, 6) is 0.170. The third-order valence-corrected chi connectivity index (χ3v) is 5.92. The lowest BCUT2D eigenvalue weighted by molar-refractivity contribution is -0.112. The highest BCUT2D eigenvalue weighted by atomic mass is 79.9. The Morgan fingerprint density at radius 1 is 1.06 bits per heavy atom. The second-order valence-electron chi connectivity index (χ2n) is 6.73. The van der Waals surface area contributed by atoms with Gasteiger partial charge in [0.15, 0.2) is 0 Å². The topological polar surface area (TPSA) is 62.1 Å². The smallest absolute Gasteiger partial charge is 0.266 e. The van der Waals surface area contributed by atoms with Crippen molar-refractivity contribution in [3.8, 4) is 11.8 Å². The van der Waals surface area contributed by atoms with Crippen LogP contribution in [-0.2, 0) is 11.4 Å². The maximum Gasteiger partial charge on any atom is 0.266 e. The van der Waals surface area contributed by atoms with Crippen LogP contribution in [0.5, 0.6) is 5.75 Å². The summed E-state index contributed by atoms with van der Waals surface area (Å²) in [7, 11) is 0. The molecule has 3 aromatic rings. The van der Waals surface area contributed by atoms with E-state index in [4.69, 9.17) is 4.74 Å². The van der Waals surface area contributed by atoms with Crippen molar-refractivity contribution in [2.24, 2.45) is 0 Å². The molecule has 7 heteroatoms. The highest BCUT2D eigenvalue weighted by Crippen LogP contribution is 2.36. The Labute approximate surface area is 206 Å². The van der Waals surface area contributed by atoms with Gasteiger partial charge in [-0.1, -0.05) is 51.8 Å². The van der Waals surface area contributed by atoms with E-state index in [-0.39, 0.29) is 5.57 Å². The molecule has 0 saturated heterocycles. The Morgan fingerprint density at radius 3 is 2.42 bits per heavy atom. The normalized spacial score (nSPS) is 11.0. The fourth-order valence-electron chi connectivity index (χ4n) is 2.84. The van der Waals surface area contributed by atoms with Crippen LogP contribution >= 0.6 is 47.8 Å². The molecule has 4 nitrogen and oxygen atoms in total. The van der Waals surface area contributed by atoms with Gasteiger partial charge >= 0.3 is 0 Å². The number of benzene rings is 3. The first-order valence-electron chi connectivity index (χ1n) is 9.22. The number of carbonyl (C=O) groups is 1. The van der Waals surface area contributed by atoms with Crippen LogP contribution in [0.25, 0.3) is 6.08 Å². The number of hydrogen-bond acceptors (Lipinski definition) is 3. The molecule has 1 amide bonds. The Morgan fingerprint density at radius 2 is 1.77 bits per heavy atom. The Balaban J connectivity index is 1.77. The molecule has 0 saturated carbocycles. The van der Waals surface area contributed by atoms with Crippen molar-refractivity contribution in [1.29, 1.82) is 5.26 Å². The van der Waals surface area contributed by atoms with Crippen LogP contribution in [0.4, 0.5) is 5.69 Å². The molecule has 156 valence electrons. The first-order valence-corrected chi connectivity index (χ1v) is 11.6. The number of hydrogen-bond donors (Lipinski definition) is 1. The van der Waals surface area contributed by atoms with Gasteiger partial charge in [0.05, 0.1) is 8.95 Å². The van der Waals surface area contributed by atoms with Crippen molar-refractivity contribution in [2.45, 2.75) is 13.5 Å². The number of nitrogens with zero attached hydrogens (tertiary/aromatic N) is 1. The predicted molar refractivity (Wildman–Crippen MR) is 134 cm³/mol. The number of halogens is 3. The molecular formula is C24H17Br3N2O2. The fourth-order valence-corrected chi connectivity index (χ4v) is 4.69. The van der Waals surface area contributed by atoms with Gasteiger partial charge in [-0.3, -0.25) is 4.79 Å². The summed E-state index contributed by atoms with van der Waals surface area (Å²) in [5, 5.41) is 12.2. The zero-order chi connectivity index (χ0) is 22.4. The largest absolute Gasteiger partial charge is 0.487 e. The van der Waals surface area contributed by atoms with Crippen LogP contribution in [0.2, 0.25) is 0 Å². The minimum atomic E-state index is -0.479. The second-order valence-corrected chi connectivity index (χ2v) is 9.35. The maximum absolute atomic E-state index is 12.5. The van der Waals surface area contributed by atoms with Gasteiger partial charge in [0.1, 0.15) is 24.0 Å². The van der Waals surface area contributed by atoms with Gasteiger partial charge in [-0.15, -0.1) is 0 Å². The summed E-state index contributed by atoms with van der Waals surface area (Å²) in [4.78, 5) is 12.5. The molecule has 0 heterocycles. The molecule has 1 N–H and O–H groups in total. The van der Waals surface area contributed by atoms with E-state index in [9.17, 15) is 10.1 Å². The third-order valence-electron chi connectivity index (χ3n) is 4.24. The zero-order valence-electron chi connectivity index (χ0n) is 16.5. The summed E-state index contributed by atoms with van der Waals surface area (Å²) < 4.78 is 8.23. The Bertz CT molecular complexity index is 1180. The number of amides is 1. The van der Waals surface area contributed by atoms with Crippen molar-refractivity contribution in [1.82, 2.24) is 0 Å². The van der Waals surface area contributed by atoms with Crippen LogP contribution in [-0.4, -0.2) is 5.91 Å². The van der Waals surface area contributed by atoms with E-state index in [1.165, 1.54) is 11.6 Å². The average Bonchev–Trinajstić information content (AvgIpc) is 2.71. The number of nitriles is 1. The molecule has 0 aliphatic rings. The molecular weight excluding hydrogens is 588 g/mol. The molecule has 0 aromatic heterocycles. The van der Waals surface area contributed by atoms with Gasteiger partial charge < -0.3 is 10.1 Å². The molecule has 0 bridgehead atoms. The lowest BCUT2D eigenvalue weighted by Gasteiger charge is -2.12. The molecule has 0 spiro atoms. The number of aryl methyl sites for hydroxylation is 1. The maximum atomic E-state index is 12.5. The number of rotatable bonds is 6. The molecule has 0 aliphatic carbocycles. The van der Waals surface area contributed by atoms with E-state index in [0.717, 1.165) is 10.0 Å². The van der Waals surface area contributed by atoms with E-state index < -0.39 is 5.91 Å². The van der Waals surface area contributed by atoms with E-state index >= 15 is 0 Å². The van der Waals surface area contributed by atoms with E-state index in [1.807, 2.05) is 37.3 Å². The third kappa shape index (κ3) is 6.54. The van der Waals surface area contributed by atoms with Crippen LogP contribution < -0.4 is 10.1 Å². The van der Waals surface area contributed by atoms with Crippen LogP contribution in [0.15, 0.2) is 79.7 Å². The van der Waals surface area contributed by atoms with Gasteiger partial charge in [-0.05, 0) is 86.3 Å². The lowest BCUT2D eigenvalue weighted by atomic mass is 10.1. The molecule has 0 aliphatic heterocycles. The van der Waals surface area contributed by atoms with Crippen molar-refractivity contribution in [2.75, 3.05) is 5.32 Å². The van der Waals surface area contributed by atoms with E-state index in [1.54, 1.807) is 30.3 Å². The van der Waals surface area contributed by atoms with Gasteiger partial charge in [-0.25, -0.2) is 0 Å². The molecule has 3 rings (SSSR count). The SMILES string of the molecule is Cc1cccc(COc2c(Br)cc(/C=C(/C#N)C(=O)Nc3cccc(Br)c3)cc2Br)c1. The van der Waals surface area contributed by atoms with Crippen molar-refractivity contribution >= 4 is 65.5 Å². The number of carbonyl (C=O) groups excluding carboxylic acids is 1. The molecule has 31 heavy (non-hydrogen) atoms. The van der Waals surface area contributed by atoms with Crippen LogP contribution in [0.3, 0.4) is 0 Å². The molecule has 3 aromatic carbocycles. The van der Waals surface area contributed by atoms with Gasteiger partial charge in [-0.2, -0.15) is 5.26 Å². The van der Waals surface area contributed by atoms with Gasteiger partial charge in [0, 0.05) is 10.2 Å².